The summed E-state index contributed by atoms with van der Waals surface area (Å²) >= 11 is 1.06. The molecule has 2 aromatic rings. The fourth-order valence-corrected chi connectivity index (χ4v) is 6.86. The topological polar surface area (TPSA) is 105 Å². The summed E-state index contributed by atoms with van der Waals surface area (Å²) in [6, 6.07) is 13.4. The van der Waals surface area contributed by atoms with Crippen LogP contribution >= 0.6 is 11.8 Å². The molecule has 1 saturated heterocycles. The SMILES string of the molecule is CCc1ccc(S(=O)(=O)N=C2SC(CC(=O)Nc3ccc(OC)cc3)C(=O)N2C2CCCCC2)cc1. The number of carbonyl (C=O) groups excluding carboxylic acids is 2. The largest absolute Gasteiger partial charge is 0.497 e. The molecule has 4 rings (SSSR count). The first kappa shape index (κ1) is 26.2. The Balaban J connectivity index is 1.55. The molecular weight excluding hydrogens is 498 g/mol. The number of rotatable bonds is 8. The minimum absolute atomic E-state index is 0.0803. The highest BCUT2D eigenvalue weighted by atomic mass is 32.2. The number of hydrogen-bond donors (Lipinski definition) is 1. The number of methoxy groups -OCH3 is 1. The van der Waals surface area contributed by atoms with Crippen LogP contribution in [0.1, 0.15) is 51.0 Å². The quantitative estimate of drug-likeness (QED) is 0.536. The zero-order valence-electron chi connectivity index (χ0n) is 20.5. The van der Waals surface area contributed by atoms with Crippen LogP contribution in [0, 0.1) is 0 Å². The summed E-state index contributed by atoms with van der Waals surface area (Å²) in [4.78, 5) is 27.8. The van der Waals surface area contributed by atoms with Gasteiger partial charge in [-0.15, -0.1) is 4.40 Å². The summed E-state index contributed by atoms with van der Waals surface area (Å²) in [5.41, 5.74) is 1.62. The number of nitrogens with one attached hydrogen (secondary N) is 1. The van der Waals surface area contributed by atoms with Gasteiger partial charge in [0.15, 0.2) is 5.17 Å². The predicted octanol–water partition coefficient (Wildman–Crippen LogP) is 4.61. The molecule has 2 amide bonds. The van der Waals surface area contributed by atoms with Crippen molar-refractivity contribution in [2.75, 3.05) is 12.4 Å². The molecule has 0 spiro atoms. The highest BCUT2D eigenvalue weighted by molar-refractivity contribution is 8.16. The number of anilines is 1. The smallest absolute Gasteiger partial charge is 0.284 e. The van der Waals surface area contributed by atoms with Crippen molar-refractivity contribution in [3.63, 3.8) is 0 Å². The lowest BCUT2D eigenvalue weighted by molar-refractivity contribution is -0.130. The Morgan fingerprint density at radius 3 is 2.36 bits per heavy atom. The number of amides is 2. The van der Waals surface area contributed by atoms with Gasteiger partial charge in [-0.05, 0) is 61.2 Å². The number of nitrogens with zero attached hydrogens (tertiary/aromatic N) is 2. The molecule has 0 aromatic heterocycles. The van der Waals surface area contributed by atoms with Gasteiger partial charge in [0.1, 0.15) is 11.0 Å². The van der Waals surface area contributed by atoms with E-state index in [1.165, 1.54) is 4.90 Å². The zero-order chi connectivity index (χ0) is 25.7. The second-order valence-electron chi connectivity index (χ2n) is 8.93. The zero-order valence-corrected chi connectivity index (χ0v) is 22.1. The molecule has 1 saturated carbocycles. The minimum atomic E-state index is -4.01. The van der Waals surface area contributed by atoms with Crippen molar-refractivity contribution in [1.29, 1.82) is 0 Å². The molecule has 1 unspecified atom stereocenters. The molecule has 2 aromatic carbocycles. The van der Waals surface area contributed by atoms with Crippen LogP contribution in [0.25, 0.3) is 0 Å². The van der Waals surface area contributed by atoms with E-state index in [1.807, 2.05) is 6.92 Å². The minimum Gasteiger partial charge on any atom is -0.497 e. The predicted molar refractivity (Wildman–Crippen MR) is 142 cm³/mol. The number of thioether (sulfide) groups is 1. The second-order valence-corrected chi connectivity index (χ2v) is 11.7. The Labute approximate surface area is 216 Å². The van der Waals surface area contributed by atoms with Gasteiger partial charge in [-0.25, -0.2) is 0 Å². The molecule has 8 nitrogen and oxygen atoms in total. The van der Waals surface area contributed by atoms with Gasteiger partial charge in [-0.1, -0.05) is 50.1 Å². The van der Waals surface area contributed by atoms with E-state index in [2.05, 4.69) is 9.71 Å². The number of benzene rings is 2. The van der Waals surface area contributed by atoms with E-state index in [4.69, 9.17) is 4.74 Å². The molecule has 2 aliphatic rings. The van der Waals surface area contributed by atoms with Crippen molar-refractivity contribution in [2.45, 2.75) is 68.1 Å². The van der Waals surface area contributed by atoms with Crippen molar-refractivity contribution in [3.8, 4) is 5.75 Å². The molecule has 1 aliphatic carbocycles. The number of amidine groups is 1. The van der Waals surface area contributed by atoms with E-state index < -0.39 is 15.3 Å². The maximum atomic E-state index is 13.4. The van der Waals surface area contributed by atoms with Gasteiger partial charge in [-0.2, -0.15) is 8.42 Å². The highest BCUT2D eigenvalue weighted by Crippen LogP contribution is 2.36. The molecule has 1 N–H and O–H groups in total. The summed E-state index contributed by atoms with van der Waals surface area (Å²) in [6.07, 6.45) is 5.34. The number of aryl methyl sites for hydroxylation is 1. The van der Waals surface area contributed by atoms with Crippen LogP contribution < -0.4 is 10.1 Å². The van der Waals surface area contributed by atoms with Gasteiger partial charge < -0.3 is 10.1 Å². The first-order valence-electron chi connectivity index (χ1n) is 12.2. The van der Waals surface area contributed by atoms with E-state index in [0.717, 1.165) is 55.9 Å². The number of ether oxygens (including phenoxy) is 1. The Morgan fingerprint density at radius 2 is 1.75 bits per heavy atom. The summed E-state index contributed by atoms with van der Waals surface area (Å²) in [7, 11) is -2.45. The normalized spacial score (nSPS) is 20.1. The van der Waals surface area contributed by atoms with E-state index in [9.17, 15) is 18.0 Å². The van der Waals surface area contributed by atoms with Crippen LogP contribution in [0.3, 0.4) is 0 Å². The molecule has 0 bridgehead atoms. The Morgan fingerprint density at radius 1 is 1.08 bits per heavy atom. The molecular formula is C26H31N3O5S2. The monoisotopic (exact) mass is 529 g/mol. The van der Waals surface area contributed by atoms with E-state index in [1.54, 1.807) is 55.6 Å². The Bertz CT molecular complexity index is 1220. The fraction of sp³-hybridized carbons (Fsp3) is 0.423. The van der Waals surface area contributed by atoms with Gasteiger partial charge in [0.2, 0.25) is 11.8 Å². The average Bonchev–Trinajstić information content (AvgIpc) is 3.18. The first-order valence-corrected chi connectivity index (χ1v) is 14.5. The molecule has 10 heteroatoms. The third kappa shape index (κ3) is 6.10. The van der Waals surface area contributed by atoms with Crippen LogP contribution in [0.2, 0.25) is 0 Å². The lowest BCUT2D eigenvalue weighted by atomic mass is 9.94. The first-order chi connectivity index (χ1) is 17.3. The maximum Gasteiger partial charge on any atom is 0.284 e. The highest BCUT2D eigenvalue weighted by Gasteiger charge is 2.43. The standard InChI is InChI=1S/C26H31N3O5S2/c1-3-18-9-15-22(16-10-18)36(32,33)28-26-29(20-7-5-4-6-8-20)25(31)23(35-26)17-24(30)27-19-11-13-21(34-2)14-12-19/h9-16,20,23H,3-8,17H2,1-2H3,(H,27,30). The van der Waals surface area contributed by atoms with Crippen molar-refractivity contribution < 1.29 is 22.7 Å². The third-order valence-electron chi connectivity index (χ3n) is 6.48. The number of hydrogen-bond acceptors (Lipinski definition) is 6. The molecule has 36 heavy (non-hydrogen) atoms. The van der Waals surface area contributed by atoms with Crippen molar-refractivity contribution in [2.24, 2.45) is 4.40 Å². The van der Waals surface area contributed by atoms with Gasteiger partial charge in [-0.3, -0.25) is 14.5 Å². The average molecular weight is 530 g/mol. The summed E-state index contributed by atoms with van der Waals surface area (Å²) in [6.45, 7) is 2.00. The summed E-state index contributed by atoms with van der Waals surface area (Å²) < 4.78 is 35.5. The molecule has 1 heterocycles. The van der Waals surface area contributed by atoms with Gasteiger partial charge in [0.05, 0.1) is 12.0 Å². The van der Waals surface area contributed by atoms with Crippen LogP contribution in [0.4, 0.5) is 5.69 Å². The van der Waals surface area contributed by atoms with Crippen LogP contribution in [0.15, 0.2) is 57.8 Å². The third-order valence-corrected chi connectivity index (χ3v) is 9.03. The molecule has 1 atom stereocenters. The van der Waals surface area contributed by atoms with Crippen molar-refractivity contribution in [1.82, 2.24) is 4.90 Å². The summed E-state index contributed by atoms with van der Waals surface area (Å²) in [5.74, 6) is 0.0879. The second kappa shape index (κ2) is 11.5. The summed E-state index contributed by atoms with van der Waals surface area (Å²) in [5, 5.41) is 2.22. The fourth-order valence-electron chi connectivity index (χ4n) is 4.46. The van der Waals surface area contributed by atoms with Crippen LogP contribution in [-0.2, 0) is 26.0 Å². The molecule has 0 radical (unpaired) electrons. The van der Waals surface area contributed by atoms with Gasteiger partial charge in [0.25, 0.3) is 10.0 Å². The molecule has 1 aliphatic heterocycles. The number of sulfonamides is 1. The molecule has 192 valence electrons. The van der Waals surface area contributed by atoms with Crippen LogP contribution in [-0.4, -0.2) is 48.7 Å². The van der Waals surface area contributed by atoms with E-state index in [0.29, 0.717) is 11.4 Å². The maximum absolute atomic E-state index is 13.4. The van der Waals surface area contributed by atoms with Gasteiger partial charge in [0, 0.05) is 18.2 Å². The van der Waals surface area contributed by atoms with E-state index in [-0.39, 0.29) is 34.3 Å². The molecule has 2 fully saturated rings. The Kier molecular flexibility index (Phi) is 8.35. The lowest BCUT2D eigenvalue weighted by Gasteiger charge is -2.30. The van der Waals surface area contributed by atoms with Crippen molar-refractivity contribution in [3.05, 3.63) is 54.1 Å². The lowest BCUT2D eigenvalue weighted by Crippen LogP contribution is -2.42. The van der Waals surface area contributed by atoms with E-state index >= 15 is 0 Å². The number of carbonyl (C=O) groups is 2. The van der Waals surface area contributed by atoms with Gasteiger partial charge >= 0.3 is 0 Å². The van der Waals surface area contributed by atoms with Crippen molar-refractivity contribution >= 4 is 44.5 Å². The van der Waals surface area contributed by atoms with Crippen LogP contribution in [0.5, 0.6) is 5.75 Å². The Hall–Kier alpha value is -2.85.